The maximum Gasteiger partial charge on any atom is 0.238 e. The Labute approximate surface area is 182 Å². The summed E-state index contributed by atoms with van der Waals surface area (Å²) in [6, 6.07) is 9.43. The van der Waals surface area contributed by atoms with Crippen molar-refractivity contribution in [3.05, 3.63) is 59.5 Å². The molecule has 0 spiro atoms. The van der Waals surface area contributed by atoms with Gasteiger partial charge in [0.2, 0.25) is 11.8 Å². The molecule has 0 saturated carbocycles. The fourth-order valence-corrected chi connectivity index (χ4v) is 4.16. The summed E-state index contributed by atoms with van der Waals surface area (Å²) in [5, 5.41) is 2.92. The van der Waals surface area contributed by atoms with E-state index in [0.717, 1.165) is 30.4 Å². The maximum absolute atomic E-state index is 13.4. The summed E-state index contributed by atoms with van der Waals surface area (Å²) < 4.78 is 13.4. The zero-order valence-corrected chi connectivity index (χ0v) is 17.8. The van der Waals surface area contributed by atoms with E-state index < -0.39 is 17.4 Å². The van der Waals surface area contributed by atoms with Gasteiger partial charge in [-0.15, -0.1) is 0 Å². The number of aromatic nitrogens is 1. The van der Waals surface area contributed by atoms with Crippen molar-refractivity contribution in [2.24, 2.45) is 11.7 Å². The molecule has 0 radical (unpaired) electrons. The van der Waals surface area contributed by atoms with Gasteiger partial charge in [0, 0.05) is 12.7 Å². The number of nitrogen functional groups attached to an aromatic ring is 1. The Morgan fingerprint density at radius 2 is 1.77 bits per heavy atom. The van der Waals surface area contributed by atoms with E-state index in [2.05, 4.69) is 10.3 Å². The van der Waals surface area contributed by atoms with Crippen molar-refractivity contribution in [1.82, 2.24) is 15.2 Å². The molecule has 2 heterocycles. The highest BCUT2D eigenvalue weighted by Gasteiger charge is 2.48. The van der Waals surface area contributed by atoms with E-state index in [1.54, 1.807) is 37.4 Å². The molecule has 3 rings (SSSR count). The van der Waals surface area contributed by atoms with Crippen molar-refractivity contribution in [1.29, 1.82) is 0 Å². The first-order valence-corrected chi connectivity index (χ1v) is 10.6. The number of benzene rings is 1. The number of halogens is 1. The lowest BCUT2D eigenvalue weighted by Gasteiger charge is -2.45. The van der Waals surface area contributed by atoms with Crippen LogP contribution in [0, 0.1) is 11.7 Å². The Hall–Kier alpha value is -3.00. The molecule has 1 aromatic heterocycles. The number of rotatable bonds is 8. The number of nitrogens with zero attached hydrogens (tertiary/aromatic N) is 2. The number of carbonyl (C=O) groups excluding carboxylic acids is 2. The molecule has 7 nitrogen and oxygen atoms in total. The molecule has 5 N–H and O–H groups in total. The third kappa shape index (κ3) is 5.38. The van der Waals surface area contributed by atoms with Crippen LogP contribution in [0.3, 0.4) is 0 Å². The molecule has 8 heteroatoms. The lowest BCUT2D eigenvalue weighted by Crippen LogP contribution is -2.64. The van der Waals surface area contributed by atoms with Gasteiger partial charge in [-0.1, -0.05) is 24.6 Å². The first-order chi connectivity index (χ1) is 14.8. The van der Waals surface area contributed by atoms with E-state index in [-0.39, 0.29) is 24.7 Å². The minimum Gasteiger partial charge on any atom is -0.384 e. The van der Waals surface area contributed by atoms with E-state index >= 15 is 0 Å². The van der Waals surface area contributed by atoms with Crippen molar-refractivity contribution in [3.8, 4) is 0 Å². The van der Waals surface area contributed by atoms with Gasteiger partial charge >= 0.3 is 0 Å². The third-order valence-corrected chi connectivity index (χ3v) is 6.17. The van der Waals surface area contributed by atoms with Crippen LogP contribution in [0.5, 0.6) is 0 Å². The highest BCUT2D eigenvalue weighted by molar-refractivity contribution is 5.92. The number of hydrogen-bond donors (Lipinski definition) is 3. The average Bonchev–Trinajstić information content (AvgIpc) is 2.78. The SMILES string of the molecule is CC(C(N)=O)([C@H](Cc1ccc(F)cc1)C(=O)NCc1ccc(N)nc1)N1CCCCC1. The number of primary amides is 1. The molecule has 166 valence electrons. The Bertz CT molecular complexity index is 897. The van der Waals surface area contributed by atoms with E-state index in [1.807, 2.05) is 4.90 Å². The molecular formula is C23H30FN5O2. The van der Waals surface area contributed by atoms with Crippen molar-refractivity contribution >= 4 is 17.6 Å². The molecule has 0 aliphatic carbocycles. The second kappa shape index (κ2) is 9.87. The fraction of sp³-hybridized carbons (Fsp3) is 0.435. The molecule has 1 aromatic carbocycles. The number of anilines is 1. The minimum absolute atomic E-state index is 0.251. The summed E-state index contributed by atoms with van der Waals surface area (Å²) >= 11 is 0. The molecule has 1 aliphatic rings. The smallest absolute Gasteiger partial charge is 0.238 e. The zero-order valence-electron chi connectivity index (χ0n) is 17.8. The number of likely N-dealkylation sites (tertiary alicyclic amines) is 1. The number of hydrogen-bond acceptors (Lipinski definition) is 5. The van der Waals surface area contributed by atoms with Gasteiger partial charge in [-0.3, -0.25) is 14.5 Å². The monoisotopic (exact) mass is 427 g/mol. The van der Waals surface area contributed by atoms with Gasteiger partial charge in [0.15, 0.2) is 0 Å². The quantitative estimate of drug-likeness (QED) is 0.596. The summed E-state index contributed by atoms with van der Waals surface area (Å²) in [7, 11) is 0. The van der Waals surface area contributed by atoms with Gasteiger partial charge < -0.3 is 16.8 Å². The maximum atomic E-state index is 13.4. The number of amides is 2. The molecule has 1 saturated heterocycles. The highest BCUT2D eigenvalue weighted by atomic mass is 19.1. The van der Waals surface area contributed by atoms with Gasteiger partial charge in [-0.2, -0.15) is 0 Å². The Morgan fingerprint density at radius 3 is 2.35 bits per heavy atom. The van der Waals surface area contributed by atoms with Gasteiger partial charge in [0.25, 0.3) is 0 Å². The molecular weight excluding hydrogens is 397 g/mol. The van der Waals surface area contributed by atoms with Gasteiger partial charge in [-0.05, 0) is 68.6 Å². The van der Waals surface area contributed by atoms with Crippen molar-refractivity contribution in [3.63, 3.8) is 0 Å². The van der Waals surface area contributed by atoms with Crippen LogP contribution in [0.25, 0.3) is 0 Å². The fourth-order valence-electron chi connectivity index (χ4n) is 4.16. The van der Waals surface area contributed by atoms with Crippen molar-refractivity contribution < 1.29 is 14.0 Å². The summed E-state index contributed by atoms with van der Waals surface area (Å²) in [5.41, 5.74) is 11.9. The molecule has 2 amide bonds. The van der Waals surface area contributed by atoms with E-state index in [1.165, 1.54) is 12.1 Å². The lowest BCUT2D eigenvalue weighted by molar-refractivity contribution is -0.143. The normalized spacial score (nSPS) is 17.5. The molecule has 2 atom stereocenters. The van der Waals surface area contributed by atoms with Crippen LogP contribution in [0.4, 0.5) is 10.2 Å². The van der Waals surface area contributed by atoms with Crippen molar-refractivity contribution in [2.45, 2.75) is 44.7 Å². The first kappa shape index (κ1) is 22.7. The molecule has 1 fully saturated rings. The number of nitrogens with two attached hydrogens (primary N) is 2. The highest BCUT2D eigenvalue weighted by Crippen LogP contribution is 2.31. The van der Waals surface area contributed by atoms with E-state index in [0.29, 0.717) is 18.9 Å². The number of carbonyl (C=O) groups is 2. The summed E-state index contributed by atoms with van der Waals surface area (Å²) in [5.74, 6) is -1.51. The predicted molar refractivity (Wildman–Crippen MR) is 117 cm³/mol. The summed E-state index contributed by atoms with van der Waals surface area (Å²) in [4.78, 5) is 32.2. The van der Waals surface area contributed by atoms with E-state index in [4.69, 9.17) is 11.5 Å². The van der Waals surface area contributed by atoms with Crippen LogP contribution < -0.4 is 16.8 Å². The van der Waals surface area contributed by atoms with Crippen LogP contribution in [0.15, 0.2) is 42.6 Å². The summed E-state index contributed by atoms with van der Waals surface area (Å²) in [6.45, 7) is 3.41. The molecule has 1 unspecified atom stereocenters. The number of pyridine rings is 1. The average molecular weight is 428 g/mol. The van der Waals surface area contributed by atoms with Gasteiger partial charge in [-0.25, -0.2) is 9.37 Å². The molecule has 2 aromatic rings. The van der Waals surface area contributed by atoms with Crippen LogP contribution >= 0.6 is 0 Å². The summed E-state index contributed by atoms with van der Waals surface area (Å²) in [6.07, 6.45) is 4.85. The van der Waals surface area contributed by atoms with Crippen LogP contribution in [0.2, 0.25) is 0 Å². The molecule has 1 aliphatic heterocycles. The van der Waals surface area contributed by atoms with Crippen LogP contribution in [-0.4, -0.2) is 40.3 Å². The minimum atomic E-state index is -1.17. The van der Waals surface area contributed by atoms with Gasteiger partial charge in [0.1, 0.15) is 17.2 Å². The first-order valence-electron chi connectivity index (χ1n) is 10.6. The molecule has 0 bridgehead atoms. The van der Waals surface area contributed by atoms with Gasteiger partial charge in [0.05, 0.1) is 5.92 Å². The second-order valence-electron chi connectivity index (χ2n) is 8.25. The molecule has 31 heavy (non-hydrogen) atoms. The number of nitrogens with one attached hydrogen (secondary N) is 1. The topological polar surface area (TPSA) is 114 Å². The third-order valence-electron chi connectivity index (χ3n) is 6.17. The Balaban J connectivity index is 1.87. The predicted octanol–water partition coefficient (Wildman–Crippen LogP) is 2.01. The lowest BCUT2D eigenvalue weighted by atomic mass is 9.77. The van der Waals surface area contributed by atoms with Crippen LogP contribution in [0.1, 0.15) is 37.3 Å². The second-order valence-corrected chi connectivity index (χ2v) is 8.25. The standard InChI is InChI=1S/C23H30FN5O2/c1-23(22(26)31,29-11-3-2-4-12-29)19(13-16-5-8-18(24)9-6-16)21(30)28-15-17-7-10-20(25)27-14-17/h5-10,14,19H,2-4,11-13,15H2,1H3,(H2,25,27)(H2,26,31)(H,28,30)/t19-,23?/m1/s1. The number of piperidine rings is 1. The Kier molecular flexibility index (Phi) is 7.22. The largest absolute Gasteiger partial charge is 0.384 e. The van der Waals surface area contributed by atoms with Crippen LogP contribution in [-0.2, 0) is 22.6 Å². The van der Waals surface area contributed by atoms with Crippen molar-refractivity contribution in [2.75, 3.05) is 18.8 Å². The zero-order chi connectivity index (χ0) is 22.4. The van der Waals surface area contributed by atoms with E-state index in [9.17, 15) is 14.0 Å². The Morgan fingerprint density at radius 1 is 1.13 bits per heavy atom.